The predicted octanol–water partition coefficient (Wildman–Crippen LogP) is 2.24. The molecule has 0 bridgehead atoms. The van der Waals surface area contributed by atoms with Crippen molar-refractivity contribution in [1.82, 2.24) is 4.90 Å². The number of benzene rings is 1. The van der Waals surface area contributed by atoms with Gasteiger partial charge in [-0.15, -0.1) is 0 Å². The Morgan fingerprint density at radius 2 is 2.15 bits per heavy atom. The first kappa shape index (κ1) is 14.9. The van der Waals surface area contributed by atoms with Crippen molar-refractivity contribution >= 4 is 5.91 Å². The number of ether oxygens (including phenoxy) is 1. The number of aliphatic hydroxyl groups excluding tert-OH is 1. The fraction of sp³-hybridized carbons (Fsp3) is 0.562. The Kier molecular flexibility index (Phi) is 5.01. The molecular formula is C16H23NO3. The van der Waals surface area contributed by atoms with Crippen LogP contribution in [0.1, 0.15) is 42.6 Å². The number of carbonyl (C=O) groups excluding carboxylic acids is 1. The van der Waals surface area contributed by atoms with E-state index in [1.54, 1.807) is 4.90 Å². The van der Waals surface area contributed by atoms with E-state index in [-0.39, 0.29) is 18.6 Å². The van der Waals surface area contributed by atoms with E-state index >= 15 is 0 Å². The molecule has 0 saturated carbocycles. The van der Waals surface area contributed by atoms with Crippen LogP contribution in [0.15, 0.2) is 18.2 Å². The lowest BCUT2D eigenvalue weighted by atomic mass is 10.0. The van der Waals surface area contributed by atoms with Gasteiger partial charge in [0, 0.05) is 24.6 Å². The zero-order valence-corrected chi connectivity index (χ0v) is 12.3. The molecule has 4 nitrogen and oxygen atoms in total. The van der Waals surface area contributed by atoms with Gasteiger partial charge in [0.15, 0.2) is 0 Å². The Labute approximate surface area is 120 Å². The van der Waals surface area contributed by atoms with E-state index in [9.17, 15) is 9.90 Å². The molecule has 0 saturated heterocycles. The quantitative estimate of drug-likeness (QED) is 0.867. The molecule has 0 atom stereocenters. The van der Waals surface area contributed by atoms with Gasteiger partial charge >= 0.3 is 0 Å². The largest absolute Gasteiger partial charge is 0.493 e. The van der Waals surface area contributed by atoms with Gasteiger partial charge in [0.1, 0.15) is 5.75 Å². The van der Waals surface area contributed by atoms with Crippen molar-refractivity contribution in [3.05, 3.63) is 29.3 Å². The number of rotatable bonds is 6. The van der Waals surface area contributed by atoms with E-state index in [0.29, 0.717) is 18.7 Å². The number of carbonyl (C=O) groups is 1. The molecule has 110 valence electrons. The summed E-state index contributed by atoms with van der Waals surface area (Å²) in [6.45, 7) is 5.22. The number of hydrogen-bond acceptors (Lipinski definition) is 3. The molecule has 20 heavy (non-hydrogen) atoms. The summed E-state index contributed by atoms with van der Waals surface area (Å²) in [5.74, 6) is 0.889. The molecule has 1 heterocycles. The zero-order valence-electron chi connectivity index (χ0n) is 12.3. The summed E-state index contributed by atoms with van der Waals surface area (Å²) < 4.78 is 5.47. The van der Waals surface area contributed by atoms with Gasteiger partial charge in [-0.2, -0.15) is 0 Å². The van der Waals surface area contributed by atoms with Crippen LogP contribution in [0.3, 0.4) is 0 Å². The molecule has 1 aromatic carbocycles. The van der Waals surface area contributed by atoms with Gasteiger partial charge in [-0.05, 0) is 36.6 Å². The number of nitrogens with zero attached hydrogens (tertiary/aromatic N) is 1. The molecule has 0 fully saturated rings. The van der Waals surface area contributed by atoms with Crippen LogP contribution in [-0.4, -0.2) is 41.7 Å². The fourth-order valence-electron chi connectivity index (χ4n) is 2.77. The highest BCUT2D eigenvalue weighted by molar-refractivity contribution is 5.95. The van der Waals surface area contributed by atoms with E-state index in [0.717, 1.165) is 30.6 Å². The highest BCUT2D eigenvalue weighted by atomic mass is 16.5. The maximum atomic E-state index is 12.7. The second kappa shape index (κ2) is 6.75. The number of hydrogen-bond donors (Lipinski definition) is 1. The van der Waals surface area contributed by atoms with Crippen LogP contribution in [0.4, 0.5) is 0 Å². The van der Waals surface area contributed by atoms with Crippen molar-refractivity contribution in [2.45, 2.75) is 39.2 Å². The van der Waals surface area contributed by atoms with Gasteiger partial charge in [-0.3, -0.25) is 4.79 Å². The molecule has 1 aromatic rings. The Hall–Kier alpha value is -1.55. The summed E-state index contributed by atoms with van der Waals surface area (Å²) in [6.07, 6.45) is 2.66. The molecule has 2 rings (SSSR count). The normalized spacial score (nSPS) is 13.2. The first-order valence-corrected chi connectivity index (χ1v) is 7.38. The molecule has 1 aliphatic rings. The number of fused-ring (bicyclic) bond motifs is 1. The Morgan fingerprint density at radius 3 is 2.80 bits per heavy atom. The highest BCUT2D eigenvalue weighted by Crippen LogP contribution is 2.26. The van der Waals surface area contributed by atoms with Crippen molar-refractivity contribution in [2.75, 3.05) is 19.8 Å². The van der Waals surface area contributed by atoms with Crippen LogP contribution in [0, 0.1) is 0 Å². The lowest BCUT2D eigenvalue weighted by Crippen LogP contribution is -2.41. The minimum Gasteiger partial charge on any atom is -0.493 e. The predicted molar refractivity (Wildman–Crippen MR) is 78.1 cm³/mol. The zero-order chi connectivity index (χ0) is 14.5. The van der Waals surface area contributed by atoms with E-state index < -0.39 is 0 Å². The van der Waals surface area contributed by atoms with Crippen LogP contribution < -0.4 is 4.74 Å². The third-order valence-electron chi connectivity index (χ3n) is 3.92. The van der Waals surface area contributed by atoms with Gasteiger partial charge in [0.2, 0.25) is 0 Å². The fourth-order valence-corrected chi connectivity index (χ4v) is 2.77. The van der Waals surface area contributed by atoms with E-state index in [4.69, 9.17) is 4.74 Å². The van der Waals surface area contributed by atoms with E-state index in [1.807, 2.05) is 18.2 Å². The van der Waals surface area contributed by atoms with Gasteiger partial charge < -0.3 is 14.7 Å². The van der Waals surface area contributed by atoms with Crippen molar-refractivity contribution in [3.63, 3.8) is 0 Å². The second-order valence-corrected chi connectivity index (χ2v) is 5.11. The van der Waals surface area contributed by atoms with Crippen LogP contribution in [0.2, 0.25) is 0 Å². The molecule has 0 aromatic heterocycles. The summed E-state index contributed by atoms with van der Waals surface area (Å²) in [5.41, 5.74) is 1.79. The van der Waals surface area contributed by atoms with Gasteiger partial charge in [0.25, 0.3) is 5.91 Å². The molecule has 1 aliphatic heterocycles. The van der Waals surface area contributed by atoms with Crippen molar-refractivity contribution < 1.29 is 14.6 Å². The maximum Gasteiger partial charge on any atom is 0.254 e. The summed E-state index contributed by atoms with van der Waals surface area (Å²) in [5, 5.41) is 9.21. The Bertz CT molecular complexity index is 469. The number of aliphatic hydroxyl groups is 1. The van der Waals surface area contributed by atoms with Gasteiger partial charge in [-0.1, -0.05) is 13.8 Å². The summed E-state index contributed by atoms with van der Waals surface area (Å²) in [6, 6.07) is 5.80. The molecule has 0 unspecified atom stereocenters. The Balaban J connectivity index is 2.22. The first-order chi connectivity index (χ1) is 9.71. The lowest BCUT2D eigenvalue weighted by Gasteiger charge is -2.30. The van der Waals surface area contributed by atoms with E-state index in [2.05, 4.69) is 13.8 Å². The van der Waals surface area contributed by atoms with E-state index in [1.165, 1.54) is 0 Å². The SMILES string of the molecule is CCC(CC)N(CCO)C(=O)c1ccc2c(c1)CCO2. The average molecular weight is 277 g/mol. The topological polar surface area (TPSA) is 49.8 Å². The highest BCUT2D eigenvalue weighted by Gasteiger charge is 2.23. The molecule has 0 spiro atoms. The maximum absolute atomic E-state index is 12.7. The minimum atomic E-state index is -0.00368. The van der Waals surface area contributed by atoms with Crippen LogP contribution in [0.5, 0.6) is 5.75 Å². The third-order valence-corrected chi connectivity index (χ3v) is 3.92. The van der Waals surface area contributed by atoms with Crippen molar-refractivity contribution in [2.24, 2.45) is 0 Å². The second-order valence-electron chi connectivity index (χ2n) is 5.11. The third kappa shape index (κ3) is 2.96. The van der Waals surface area contributed by atoms with Crippen molar-refractivity contribution in [3.8, 4) is 5.75 Å². The Morgan fingerprint density at radius 1 is 1.40 bits per heavy atom. The van der Waals surface area contributed by atoms with Crippen LogP contribution in [0.25, 0.3) is 0 Å². The minimum absolute atomic E-state index is 0.00227. The summed E-state index contributed by atoms with van der Waals surface area (Å²) in [7, 11) is 0. The number of amides is 1. The van der Waals surface area contributed by atoms with Gasteiger partial charge in [0.05, 0.1) is 13.2 Å². The van der Waals surface area contributed by atoms with Crippen molar-refractivity contribution in [1.29, 1.82) is 0 Å². The lowest BCUT2D eigenvalue weighted by molar-refractivity contribution is 0.0622. The monoisotopic (exact) mass is 277 g/mol. The van der Waals surface area contributed by atoms with Gasteiger partial charge in [-0.25, -0.2) is 0 Å². The molecule has 4 heteroatoms. The molecular weight excluding hydrogens is 254 g/mol. The summed E-state index contributed by atoms with van der Waals surface area (Å²) >= 11 is 0. The molecule has 0 aliphatic carbocycles. The molecule has 1 N–H and O–H groups in total. The average Bonchev–Trinajstić information content (AvgIpc) is 2.94. The standard InChI is InChI=1S/C16H23NO3/c1-3-14(4-2)17(8-9-18)16(19)13-5-6-15-12(11-13)7-10-20-15/h5-6,11,14,18H,3-4,7-10H2,1-2H3. The smallest absolute Gasteiger partial charge is 0.254 e. The molecule has 0 radical (unpaired) electrons. The van der Waals surface area contributed by atoms with Crippen LogP contribution in [-0.2, 0) is 6.42 Å². The molecule has 1 amide bonds. The summed E-state index contributed by atoms with van der Waals surface area (Å²) in [4.78, 5) is 14.5. The first-order valence-electron chi connectivity index (χ1n) is 7.38. The van der Waals surface area contributed by atoms with Crippen LogP contribution >= 0.6 is 0 Å².